The number of rotatable bonds is 3. The van der Waals surface area contributed by atoms with Crippen molar-refractivity contribution >= 4 is 17.6 Å². The number of methoxy groups -OCH3 is 1. The molecule has 2 aromatic rings. The van der Waals surface area contributed by atoms with Crippen molar-refractivity contribution in [2.24, 2.45) is 0 Å². The highest BCUT2D eigenvalue weighted by Crippen LogP contribution is 2.30. The Morgan fingerprint density at radius 1 is 1.23 bits per heavy atom. The average molecular weight is 353 g/mol. The minimum absolute atomic E-state index is 0.0241. The molecule has 2 N–H and O–H groups in total. The van der Waals surface area contributed by atoms with Crippen LogP contribution in [0.2, 0.25) is 0 Å². The van der Waals surface area contributed by atoms with Gasteiger partial charge in [0.05, 0.1) is 12.8 Å². The number of anilines is 1. The van der Waals surface area contributed by atoms with Gasteiger partial charge >= 0.3 is 6.03 Å². The van der Waals surface area contributed by atoms with Crippen LogP contribution in [-0.4, -0.2) is 43.1 Å². The number of ether oxygens (including phenoxy) is 1. The Hall–Kier alpha value is -3.02. The Morgan fingerprint density at radius 2 is 2.04 bits per heavy atom. The van der Waals surface area contributed by atoms with Crippen LogP contribution in [0.4, 0.5) is 10.5 Å². The summed E-state index contributed by atoms with van der Waals surface area (Å²) in [5.41, 5.74) is 2.60. The number of carbonyl (C=O) groups excluding carboxylic acids is 2. The van der Waals surface area contributed by atoms with Gasteiger partial charge in [0.1, 0.15) is 5.75 Å². The van der Waals surface area contributed by atoms with Crippen molar-refractivity contribution in [3.8, 4) is 16.9 Å². The third-order valence-electron chi connectivity index (χ3n) is 4.52. The first-order valence-corrected chi connectivity index (χ1v) is 8.66. The second-order valence-electron chi connectivity index (χ2n) is 6.30. The number of nitrogens with one attached hydrogen (secondary N) is 2. The predicted molar refractivity (Wildman–Crippen MR) is 101 cm³/mol. The van der Waals surface area contributed by atoms with E-state index in [4.69, 9.17) is 4.74 Å². The SMILES string of the molecule is COc1cccc(-c2ccccc2NC(=O)N2CCC(=O)NCC2C)c1. The topological polar surface area (TPSA) is 70.7 Å². The molecule has 0 bridgehead atoms. The van der Waals surface area contributed by atoms with E-state index in [9.17, 15) is 9.59 Å². The molecule has 1 atom stereocenters. The molecule has 0 spiro atoms. The maximum Gasteiger partial charge on any atom is 0.322 e. The molecular formula is C20H23N3O3. The molecule has 1 aliphatic heterocycles. The first kappa shape index (κ1) is 17.8. The van der Waals surface area contributed by atoms with E-state index >= 15 is 0 Å². The van der Waals surface area contributed by atoms with Crippen molar-refractivity contribution < 1.29 is 14.3 Å². The van der Waals surface area contributed by atoms with Crippen LogP contribution in [-0.2, 0) is 4.79 Å². The van der Waals surface area contributed by atoms with Crippen molar-refractivity contribution in [3.05, 3.63) is 48.5 Å². The lowest BCUT2D eigenvalue weighted by Gasteiger charge is -2.27. The van der Waals surface area contributed by atoms with Crippen molar-refractivity contribution in [1.29, 1.82) is 0 Å². The van der Waals surface area contributed by atoms with E-state index in [2.05, 4.69) is 10.6 Å². The average Bonchev–Trinajstić information content (AvgIpc) is 2.83. The molecule has 1 unspecified atom stereocenters. The molecule has 2 aromatic carbocycles. The molecule has 26 heavy (non-hydrogen) atoms. The molecule has 1 aliphatic rings. The zero-order chi connectivity index (χ0) is 18.5. The maximum absolute atomic E-state index is 12.8. The molecule has 0 aliphatic carbocycles. The van der Waals surface area contributed by atoms with Crippen molar-refractivity contribution in [3.63, 3.8) is 0 Å². The summed E-state index contributed by atoms with van der Waals surface area (Å²) < 4.78 is 5.30. The molecule has 0 saturated carbocycles. The Bertz CT molecular complexity index is 806. The van der Waals surface area contributed by atoms with E-state index in [0.717, 1.165) is 22.6 Å². The van der Waals surface area contributed by atoms with Gasteiger partial charge in [0, 0.05) is 31.1 Å². The standard InChI is InChI=1S/C20H23N3O3/c1-14-13-21-19(24)10-11-23(14)20(25)22-18-9-4-3-8-17(18)15-6-5-7-16(12-15)26-2/h3-9,12,14H,10-11,13H2,1-2H3,(H,21,24)(H,22,25). The highest BCUT2D eigenvalue weighted by molar-refractivity contribution is 5.95. The van der Waals surface area contributed by atoms with Gasteiger partial charge in [-0.15, -0.1) is 0 Å². The molecule has 0 radical (unpaired) electrons. The molecule has 6 nitrogen and oxygen atoms in total. The van der Waals surface area contributed by atoms with Crippen LogP contribution in [0.25, 0.3) is 11.1 Å². The van der Waals surface area contributed by atoms with Gasteiger partial charge in [0.15, 0.2) is 0 Å². The largest absolute Gasteiger partial charge is 0.497 e. The molecular weight excluding hydrogens is 330 g/mol. The highest BCUT2D eigenvalue weighted by atomic mass is 16.5. The molecule has 6 heteroatoms. The van der Waals surface area contributed by atoms with Crippen LogP contribution < -0.4 is 15.4 Å². The van der Waals surface area contributed by atoms with E-state index in [-0.39, 0.29) is 18.0 Å². The van der Waals surface area contributed by atoms with Crippen LogP contribution in [0.15, 0.2) is 48.5 Å². The Morgan fingerprint density at radius 3 is 2.85 bits per heavy atom. The summed E-state index contributed by atoms with van der Waals surface area (Å²) in [6.45, 7) is 2.79. The van der Waals surface area contributed by atoms with E-state index in [0.29, 0.717) is 19.5 Å². The van der Waals surface area contributed by atoms with E-state index in [1.54, 1.807) is 12.0 Å². The molecule has 0 aromatic heterocycles. The summed E-state index contributed by atoms with van der Waals surface area (Å²) in [6.07, 6.45) is 0.315. The normalized spacial score (nSPS) is 17.2. The molecule has 1 heterocycles. The molecule has 3 rings (SSSR count). The predicted octanol–water partition coefficient (Wildman–Crippen LogP) is 3.10. The van der Waals surface area contributed by atoms with Gasteiger partial charge in [-0.3, -0.25) is 4.79 Å². The van der Waals surface area contributed by atoms with Gasteiger partial charge in [-0.1, -0.05) is 30.3 Å². The Labute approximate surface area is 153 Å². The number of urea groups is 1. The third kappa shape index (κ3) is 3.96. The lowest BCUT2D eigenvalue weighted by Crippen LogP contribution is -2.44. The van der Waals surface area contributed by atoms with Crippen molar-refractivity contribution in [1.82, 2.24) is 10.2 Å². The third-order valence-corrected chi connectivity index (χ3v) is 4.52. The Balaban J connectivity index is 1.84. The number of hydrogen-bond acceptors (Lipinski definition) is 3. The first-order chi connectivity index (χ1) is 12.6. The van der Waals surface area contributed by atoms with Crippen LogP contribution in [0.5, 0.6) is 5.75 Å². The fourth-order valence-corrected chi connectivity index (χ4v) is 3.03. The lowest BCUT2D eigenvalue weighted by molar-refractivity contribution is -0.120. The molecule has 3 amide bonds. The van der Waals surface area contributed by atoms with Gasteiger partial charge < -0.3 is 20.3 Å². The van der Waals surface area contributed by atoms with E-state index in [1.165, 1.54) is 0 Å². The van der Waals surface area contributed by atoms with Gasteiger partial charge in [0.2, 0.25) is 5.91 Å². The smallest absolute Gasteiger partial charge is 0.322 e. The highest BCUT2D eigenvalue weighted by Gasteiger charge is 2.25. The number of para-hydroxylation sites is 1. The second kappa shape index (κ2) is 7.91. The number of carbonyl (C=O) groups is 2. The molecule has 1 fully saturated rings. The summed E-state index contributed by atoms with van der Waals surface area (Å²) in [6, 6.07) is 15.1. The zero-order valence-electron chi connectivity index (χ0n) is 15.0. The van der Waals surface area contributed by atoms with Crippen molar-refractivity contribution in [2.45, 2.75) is 19.4 Å². The van der Waals surface area contributed by atoms with Gasteiger partial charge in [-0.05, 0) is 30.7 Å². The summed E-state index contributed by atoms with van der Waals surface area (Å²) in [4.78, 5) is 26.1. The molecule has 136 valence electrons. The van der Waals surface area contributed by atoms with Gasteiger partial charge in [-0.2, -0.15) is 0 Å². The monoisotopic (exact) mass is 353 g/mol. The number of amides is 3. The minimum Gasteiger partial charge on any atom is -0.497 e. The first-order valence-electron chi connectivity index (χ1n) is 8.66. The zero-order valence-corrected chi connectivity index (χ0v) is 15.0. The number of nitrogens with zero attached hydrogens (tertiary/aromatic N) is 1. The van der Waals surface area contributed by atoms with Crippen molar-refractivity contribution in [2.75, 3.05) is 25.5 Å². The summed E-state index contributed by atoms with van der Waals surface area (Å²) in [5.74, 6) is 0.735. The Kier molecular flexibility index (Phi) is 5.41. The summed E-state index contributed by atoms with van der Waals surface area (Å²) >= 11 is 0. The summed E-state index contributed by atoms with van der Waals surface area (Å²) in [7, 11) is 1.63. The van der Waals surface area contributed by atoms with E-state index in [1.807, 2.05) is 55.5 Å². The molecule has 1 saturated heterocycles. The van der Waals surface area contributed by atoms with Gasteiger partial charge in [0.25, 0.3) is 0 Å². The van der Waals surface area contributed by atoms with Crippen LogP contribution in [0, 0.1) is 0 Å². The van der Waals surface area contributed by atoms with Gasteiger partial charge in [-0.25, -0.2) is 4.79 Å². The number of hydrogen-bond donors (Lipinski definition) is 2. The minimum atomic E-state index is -0.204. The van der Waals surface area contributed by atoms with Crippen LogP contribution >= 0.6 is 0 Å². The number of benzene rings is 2. The lowest BCUT2D eigenvalue weighted by atomic mass is 10.0. The second-order valence-corrected chi connectivity index (χ2v) is 6.30. The maximum atomic E-state index is 12.8. The summed E-state index contributed by atoms with van der Waals surface area (Å²) in [5, 5.41) is 5.81. The van der Waals surface area contributed by atoms with Crippen LogP contribution in [0.3, 0.4) is 0 Å². The van der Waals surface area contributed by atoms with Crippen LogP contribution in [0.1, 0.15) is 13.3 Å². The quantitative estimate of drug-likeness (QED) is 0.891. The fourth-order valence-electron chi connectivity index (χ4n) is 3.03. The fraction of sp³-hybridized carbons (Fsp3) is 0.300. The van der Waals surface area contributed by atoms with E-state index < -0.39 is 0 Å².